The maximum absolute atomic E-state index is 13.3. The Hall–Kier alpha value is -2.78. The van der Waals surface area contributed by atoms with E-state index < -0.39 is 35.0 Å². The van der Waals surface area contributed by atoms with Gasteiger partial charge in [-0.3, -0.25) is 9.78 Å². The van der Waals surface area contributed by atoms with Crippen molar-refractivity contribution in [2.45, 2.75) is 23.2 Å². The number of carbonyl (C=O) groups excluding carboxylic acids is 2. The van der Waals surface area contributed by atoms with Gasteiger partial charge in [0.05, 0.1) is 17.5 Å². The molecule has 2 aliphatic rings. The minimum atomic E-state index is -2.09. The monoisotopic (exact) mass is 542 g/mol. The Morgan fingerprint density at radius 3 is 2.59 bits per heavy atom. The van der Waals surface area contributed by atoms with Crippen LogP contribution < -0.4 is 10.1 Å². The van der Waals surface area contributed by atoms with E-state index >= 15 is 0 Å². The van der Waals surface area contributed by atoms with Crippen LogP contribution in [-0.4, -0.2) is 40.0 Å². The molecule has 174 valence electrons. The number of aliphatic hydroxyl groups excluding tert-OH is 1. The maximum atomic E-state index is 13.3. The Balaban J connectivity index is 1.82. The number of ether oxygens (including phenoxy) is 1. The first-order chi connectivity index (χ1) is 16.3. The molecule has 3 N–H and O–H groups in total. The second-order valence-electron chi connectivity index (χ2n) is 8.38. The van der Waals surface area contributed by atoms with Gasteiger partial charge in [-0.25, -0.2) is 0 Å². The Bertz CT molecular complexity index is 1260. The van der Waals surface area contributed by atoms with E-state index in [0.29, 0.717) is 22.4 Å². The first-order valence-electron chi connectivity index (χ1n) is 10.6. The molecule has 1 fully saturated rings. The number of hydrogen-bond acceptors (Lipinski definition) is 6. The summed E-state index contributed by atoms with van der Waals surface area (Å²) < 4.78 is 7.34. The molecule has 2 heterocycles. The molecular weight excluding hydrogens is 524 g/mol. The number of aldehydes is 1. The van der Waals surface area contributed by atoms with E-state index in [1.54, 1.807) is 24.3 Å². The van der Waals surface area contributed by atoms with E-state index in [1.165, 1.54) is 12.3 Å². The quantitative estimate of drug-likeness (QED) is 0.427. The van der Waals surface area contributed by atoms with E-state index in [-0.39, 0.29) is 18.0 Å². The highest BCUT2D eigenvalue weighted by Gasteiger charge is 2.78. The molecule has 0 saturated heterocycles. The summed E-state index contributed by atoms with van der Waals surface area (Å²) in [7, 11) is 0. The van der Waals surface area contributed by atoms with Crippen LogP contribution in [0.2, 0.25) is 5.02 Å². The number of aliphatic hydroxyl groups is 2. The summed E-state index contributed by atoms with van der Waals surface area (Å²) in [4.78, 5) is 28.6. The number of nitrogens with zero attached hydrogens (tertiary/aromatic N) is 1. The van der Waals surface area contributed by atoms with Crippen LogP contribution in [0.3, 0.4) is 0 Å². The van der Waals surface area contributed by atoms with E-state index in [1.807, 2.05) is 30.3 Å². The van der Waals surface area contributed by atoms with Crippen molar-refractivity contribution >= 4 is 39.7 Å². The minimum absolute atomic E-state index is 0.0962. The predicted molar refractivity (Wildman–Crippen MR) is 127 cm³/mol. The number of benzene rings is 2. The van der Waals surface area contributed by atoms with Crippen molar-refractivity contribution < 1.29 is 24.5 Å². The minimum Gasteiger partial charge on any atom is -0.476 e. The van der Waals surface area contributed by atoms with Crippen molar-refractivity contribution in [3.05, 3.63) is 93.2 Å². The number of aromatic nitrogens is 1. The van der Waals surface area contributed by atoms with Crippen molar-refractivity contribution in [1.82, 2.24) is 10.3 Å². The van der Waals surface area contributed by atoms with Gasteiger partial charge in [0, 0.05) is 22.7 Å². The second-order valence-corrected chi connectivity index (χ2v) is 9.73. The van der Waals surface area contributed by atoms with Gasteiger partial charge in [-0.05, 0) is 23.3 Å². The normalized spacial score (nSPS) is 29.1. The molecule has 0 radical (unpaired) electrons. The van der Waals surface area contributed by atoms with Gasteiger partial charge in [0.2, 0.25) is 5.91 Å². The van der Waals surface area contributed by atoms with Crippen molar-refractivity contribution in [2.75, 3.05) is 6.54 Å². The summed E-state index contributed by atoms with van der Waals surface area (Å²) in [6.07, 6.45) is 0.318. The van der Waals surface area contributed by atoms with Gasteiger partial charge in [0.25, 0.3) is 0 Å². The molecule has 0 bridgehead atoms. The van der Waals surface area contributed by atoms with Crippen molar-refractivity contribution in [2.24, 2.45) is 5.92 Å². The lowest BCUT2D eigenvalue weighted by atomic mass is 9.71. The fraction of sp³-hybridized carbons (Fsp3) is 0.240. The molecular formula is C25H20BrClN2O5. The summed E-state index contributed by atoms with van der Waals surface area (Å²) in [6.45, 7) is -0.224. The molecule has 2 aromatic carbocycles. The van der Waals surface area contributed by atoms with Gasteiger partial charge >= 0.3 is 0 Å². The highest BCUT2D eigenvalue weighted by atomic mass is 79.9. The van der Waals surface area contributed by atoms with Crippen LogP contribution in [0.1, 0.15) is 22.7 Å². The smallest absolute Gasteiger partial charge is 0.227 e. The van der Waals surface area contributed by atoms with Crippen molar-refractivity contribution in [3.8, 4) is 5.75 Å². The first-order valence-corrected chi connectivity index (χ1v) is 11.8. The molecule has 5 rings (SSSR count). The standard InChI is InChI=1S/C25H20BrClN2O5/c26-16-8-6-15(7-9-16)25-20(14-4-2-1-3-5-14)19(23(32)28-10-11-30)22(31)24(25,33)21-18(34-25)12-17(27)13-29-21/h1-9,11-13,19-20,22,31,33H,10H2,(H,28,32)/t19-,20-,22-,24+,25+/m1/s1. The molecule has 7 nitrogen and oxygen atoms in total. The van der Waals surface area contributed by atoms with E-state index in [9.17, 15) is 19.8 Å². The molecule has 0 unspecified atom stereocenters. The average molecular weight is 544 g/mol. The van der Waals surface area contributed by atoms with Crippen LogP contribution in [0.15, 0.2) is 71.3 Å². The molecule has 5 atom stereocenters. The highest BCUT2D eigenvalue weighted by Crippen LogP contribution is 2.68. The average Bonchev–Trinajstić information content (AvgIpc) is 3.21. The first kappa shape index (κ1) is 23.0. The number of fused-ring (bicyclic) bond motifs is 3. The molecule has 1 aromatic heterocycles. The van der Waals surface area contributed by atoms with Gasteiger partial charge in [0.1, 0.15) is 23.8 Å². The van der Waals surface area contributed by atoms with E-state index in [0.717, 1.165) is 4.47 Å². The van der Waals surface area contributed by atoms with Gasteiger partial charge in [-0.1, -0.05) is 70.0 Å². The Labute approximate surface area is 208 Å². The number of halogens is 2. The summed E-state index contributed by atoms with van der Waals surface area (Å²) in [5.74, 6) is -2.34. The molecule has 1 amide bonds. The third-order valence-corrected chi connectivity index (χ3v) is 7.41. The third-order valence-electron chi connectivity index (χ3n) is 6.68. The molecule has 0 spiro atoms. The molecule has 1 aliphatic heterocycles. The number of nitrogens with one attached hydrogen (secondary N) is 1. The Morgan fingerprint density at radius 1 is 1.21 bits per heavy atom. The number of amides is 1. The summed E-state index contributed by atoms with van der Waals surface area (Å²) >= 11 is 9.61. The number of rotatable bonds is 5. The lowest BCUT2D eigenvalue weighted by molar-refractivity contribution is -0.155. The zero-order valence-corrected chi connectivity index (χ0v) is 20.0. The van der Waals surface area contributed by atoms with Gasteiger partial charge < -0.3 is 25.1 Å². The molecule has 9 heteroatoms. The number of carbonyl (C=O) groups is 2. The van der Waals surface area contributed by atoms with Gasteiger partial charge in [-0.2, -0.15) is 0 Å². The lowest BCUT2D eigenvalue weighted by Gasteiger charge is -2.40. The SMILES string of the molecule is O=CCNC(=O)[C@H]1[C@@H](O)[C@@]2(O)c3ncc(Cl)cc3O[C@@]2(c2ccc(Br)cc2)[C@@H]1c1ccccc1. The van der Waals surface area contributed by atoms with Crippen molar-refractivity contribution in [3.63, 3.8) is 0 Å². The molecule has 3 aromatic rings. The summed E-state index contributed by atoms with van der Waals surface area (Å²) in [5.41, 5.74) is -2.39. The van der Waals surface area contributed by atoms with Crippen LogP contribution in [0.4, 0.5) is 0 Å². The van der Waals surface area contributed by atoms with Gasteiger partial charge in [-0.15, -0.1) is 0 Å². The highest BCUT2D eigenvalue weighted by molar-refractivity contribution is 9.10. The molecule has 1 saturated carbocycles. The number of pyridine rings is 1. The molecule has 1 aliphatic carbocycles. The fourth-order valence-electron chi connectivity index (χ4n) is 5.38. The third kappa shape index (κ3) is 3.13. The zero-order valence-electron chi connectivity index (χ0n) is 17.7. The summed E-state index contributed by atoms with van der Waals surface area (Å²) in [6, 6.07) is 17.8. The van der Waals surface area contributed by atoms with Gasteiger partial charge in [0.15, 0.2) is 11.2 Å². The largest absolute Gasteiger partial charge is 0.476 e. The van der Waals surface area contributed by atoms with E-state index in [4.69, 9.17) is 16.3 Å². The van der Waals surface area contributed by atoms with Crippen LogP contribution in [-0.2, 0) is 20.8 Å². The lowest BCUT2D eigenvalue weighted by Crippen LogP contribution is -2.52. The topological polar surface area (TPSA) is 109 Å². The van der Waals surface area contributed by atoms with Crippen LogP contribution in [0.5, 0.6) is 5.75 Å². The summed E-state index contributed by atoms with van der Waals surface area (Å²) in [5, 5.41) is 26.9. The number of hydrogen-bond donors (Lipinski definition) is 3. The Kier molecular flexibility index (Phi) is 5.72. The van der Waals surface area contributed by atoms with Crippen LogP contribution in [0, 0.1) is 5.92 Å². The second kappa shape index (κ2) is 8.46. The predicted octanol–water partition coefficient (Wildman–Crippen LogP) is 3.06. The maximum Gasteiger partial charge on any atom is 0.227 e. The Morgan fingerprint density at radius 2 is 1.91 bits per heavy atom. The van der Waals surface area contributed by atoms with Crippen LogP contribution >= 0.6 is 27.5 Å². The van der Waals surface area contributed by atoms with Crippen molar-refractivity contribution in [1.29, 1.82) is 0 Å². The molecule has 34 heavy (non-hydrogen) atoms. The van der Waals surface area contributed by atoms with E-state index in [2.05, 4.69) is 26.2 Å². The zero-order chi connectivity index (χ0) is 24.1. The van der Waals surface area contributed by atoms with Crippen LogP contribution in [0.25, 0.3) is 0 Å². The fourth-order valence-corrected chi connectivity index (χ4v) is 5.79.